The van der Waals surface area contributed by atoms with Crippen molar-refractivity contribution in [3.8, 4) is 11.5 Å². The molecule has 30 heavy (non-hydrogen) atoms. The predicted molar refractivity (Wildman–Crippen MR) is 114 cm³/mol. The van der Waals surface area contributed by atoms with Crippen LogP contribution in [0.15, 0.2) is 23.3 Å². The van der Waals surface area contributed by atoms with Crippen molar-refractivity contribution in [2.75, 3.05) is 33.9 Å². The van der Waals surface area contributed by atoms with Gasteiger partial charge in [-0.3, -0.25) is 14.2 Å². The number of benzene rings is 1. The van der Waals surface area contributed by atoms with E-state index in [1.165, 1.54) is 10.9 Å². The molecule has 1 aromatic carbocycles. The van der Waals surface area contributed by atoms with E-state index in [0.717, 1.165) is 25.9 Å². The van der Waals surface area contributed by atoms with Crippen molar-refractivity contribution in [1.29, 1.82) is 0 Å². The highest BCUT2D eigenvalue weighted by Crippen LogP contribution is 2.31. The normalized spacial score (nSPS) is 15.9. The summed E-state index contributed by atoms with van der Waals surface area (Å²) in [7, 11) is 3.68. The molecule has 2 aromatic rings. The van der Waals surface area contributed by atoms with Crippen LogP contribution in [0.5, 0.6) is 11.5 Å². The molecular weight excluding hydrogens is 386 g/mol. The Hall–Kier alpha value is -2.61. The summed E-state index contributed by atoms with van der Waals surface area (Å²) in [4.78, 5) is 31.5. The Balaban J connectivity index is 1.78. The van der Waals surface area contributed by atoms with Crippen molar-refractivity contribution in [3.05, 3.63) is 28.8 Å². The molecule has 3 rings (SSSR count). The summed E-state index contributed by atoms with van der Waals surface area (Å²) in [6.45, 7) is 7.84. The average molecular weight is 418 g/mol. The Morgan fingerprint density at radius 1 is 1.20 bits per heavy atom. The molecule has 0 atom stereocenters. The van der Waals surface area contributed by atoms with E-state index in [1.807, 2.05) is 0 Å². The first kappa shape index (κ1) is 22.1. The van der Waals surface area contributed by atoms with Crippen LogP contribution in [-0.2, 0) is 16.3 Å². The number of likely N-dealkylation sites (tertiary alicyclic amines) is 1. The second-order valence-corrected chi connectivity index (χ2v) is 8.91. The number of esters is 1. The summed E-state index contributed by atoms with van der Waals surface area (Å²) >= 11 is 0. The first-order valence-corrected chi connectivity index (χ1v) is 10.2. The molecule has 0 N–H and O–H groups in total. The molecular formula is C22H31N3O5. The van der Waals surface area contributed by atoms with Gasteiger partial charge in [0.05, 0.1) is 30.0 Å². The zero-order valence-corrected chi connectivity index (χ0v) is 18.4. The van der Waals surface area contributed by atoms with Crippen molar-refractivity contribution < 1.29 is 19.0 Å². The van der Waals surface area contributed by atoms with Crippen molar-refractivity contribution >= 4 is 16.9 Å². The highest BCUT2D eigenvalue weighted by Gasteiger charge is 2.23. The van der Waals surface area contributed by atoms with Crippen LogP contribution in [0.1, 0.15) is 33.6 Å². The zero-order chi connectivity index (χ0) is 21.9. The molecule has 164 valence electrons. The van der Waals surface area contributed by atoms with Crippen LogP contribution >= 0.6 is 0 Å². The van der Waals surface area contributed by atoms with Crippen molar-refractivity contribution in [2.45, 2.75) is 40.3 Å². The molecule has 0 saturated carbocycles. The van der Waals surface area contributed by atoms with E-state index in [1.54, 1.807) is 40.0 Å². The van der Waals surface area contributed by atoms with Gasteiger partial charge < -0.3 is 19.1 Å². The topological polar surface area (TPSA) is 82.9 Å². The van der Waals surface area contributed by atoms with Gasteiger partial charge in [-0.15, -0.1) is 0 Å². The third-order valence-electron chi connectivity index (χ3n) is 5.37. The van der Waals surface area contributed by atoms with E-state index in [4.69, 9.17) is 14.2 Å². The number of aromatic nitrogens is 2. The van der Waals surface area contributed by atoms with Crippen molar-refractivity contribution in [2.24, 2.45) is 11.3 Å². The third kappa shape index (κ3) is 5.11. The first-order chi connectivity index (χ1) is 14.2. The maximum Gasteiger partial charge on any atom is 0.312 e. The van der Waals surface area contributed by atoms with E-state index in [0.29, 0.717) is 34.9 Å². The lowest BCUT2D eigenvalue weighted by atomic mass is 9.98. The molecule has 2 heterocycles. The number of carbonyl (C=O) groups is 1. The summed E-state index contributed by atoms with van der Waals surface area (Å²) in [5.41, 5.74) is -0.434. The highest BCUT2D eigenvalue weighted by atomic mass is 16.5. The number of rotatable bonds is 6. The Kier molecular flexibility index (Phi) is 6.65. The van der Waals surface area contributed by atoms with E-state index in [-0.39, 0.29) is 18.3 Å². The maximum atomic E-state index is 12.8. The minimum Gasteiger partial charge on any atom is -0.493 e. The Labute approximate surface area is 176 Å². The molecule has 0 spiro atoms. The number of fused-ring (bicyclic) bond motifs is 1. The highest BCUT2D eigenvalue weighted by molar-refractivity contribution is 5.81. The molecule has 1 saturated heterocycles. The number of methoxy groups -OCH3 is 1. The molecule has 0 unspecified atom stereocenters. The second kappa shape index (κ2) is 9.04. The van der Waals surface area contributed by atoms with Crippen LogP contribution in [0.2, 0.25) is 0 Å². The monoisotopic (exact) mass is 417 g/mol. The first-order valence-electron chi connectivity index (χ1n) is 10.2. The van der Waals surface area contributed by atoms with Crippen molar-refractivity contribution in [3.63, 3.8) is 0 Å². The quantitative estimate of drug-likeness (QED) is 0.668. The van der Waals surface area contributed by atoms with Gasteiger partial charge in [0.2, 0.25) is 0 Å². The SMILES string of the molecule is COc1cc2c(=O)n(COC(=O)C(C)(C)C)cnc2cc1OCC1CCN(C)CC1. The molecule has 0 radical (unpaired) electrons. The van der Waals surface area contributed by atoms with E-state index in [9.17, 15) is 9.59 Å². The van der Waals surface area contributed by atoms with Crippen LogP contribution in [-0.4, -0.2) is 54.3 Å². The lowest BCUT2D eigenvalue weighted by Gasteiger charge is -2.28. The number of carbonyl (C=O) groups excluding carboxylic acids is 1. The molecule has 1 aliphatic heterocycles. The number of ether oxygens (including phenoxy) is 3. The molecule has 0 aliphatic carbocycles. The molecule has 1 aliphatic rings. The number of hydrogen-bond acceptors (Lipinski definition) is 7. The van der Waals surface area contributed by atoms with Gasteiger partial charge in [-0.2, -0.15) is 0 Å². The second-order valence-electron chi connectivity index (χ2n) is 8.91. The fourth-order valence-corrected chi connectivity index (χ4v) is 3.31. The number of nitrogens with zero attached hydrogens (tertiary/aromatic N) is 3. The maximum absolute atomic E-state index is 12.8. The van der Waals surface area contributed by atoms with Gasteiger partial charge in [-0.05, 0) is 65.7 Å². The molecule has 8 nitrogen and oxygen atoms in total. The lowest BCUT2D eigenvalue weighted by molar-refractivity contribution is -0.157. The third-order valence-corrected chi connectivity index (χ3v) is 5.37. The molecule has 1 fully saturated rings. The number of piperidine rings is 1. The lowest BCUT2D eigenvalue weighted by Crippen LogP contribution is -2.32. The van der Waals surface area contributed by atoms with Crippen molar-refractivity contribution in [1.82, 2.24) is 14.5 Å². The minimum absolute atomic E-state index is 0.186. The summed E-state index contributed by atoms with van der Waals surface area (Å²) < 4.78 is 18.0. The van der Waals surface area contributed by atoms with Crippen LogP contribution in [0, 0.1) is 11.3 Å². The molecule has 0 amide bonds. The largest absolute Gasteiger partial charge is 0.493 e. The fourth-order valence-electron chi connectivity index (χ4n) is 3.31. The van der Waals surface area contributed by atoms with E-state index in [2.05, 4.69) is 16.9 Å². The van der Waals surface area contributed by atoms with E-state index >= 15 is 0 Å². The Morgan fingerprint density at radius 2 is 1.90 bits per heavy atom. The summed E-state index contributed by atoms with van der Waals surface area (Å²) in [5.74, 6) is 1.18. The summed E-state index contributed by atoms with van der Waals surface area (Å²) in [5, 5.41) is 0.382. The van der Waals surface area contributed by atoms with Crippen LogP contribution in [0.25, 0.3) is 10.9 Å². The summed E-state index contributed by atoms with van der Waals surface area (Å²) in [6.07, 6.45) is 3.58. The minimum atomic E-state index is -0.642. The molecule has 1 aromatic heterocycles. The predicted octanol–water partition coefficient (Wildman–Crippen LogP) is 2.67. The number of hydrogen-bond donors (Lipinski definition) is 0. The van der Waals surface area contributed by atoms with Gasteiger partial charge in [0.25, 0.3) is 5.56 Å². The summed E-state index contributed by atoms with van der Waals surface area (Å²) in [6, 6.07) is 3.37. The van der Waals surface area contributed by atoms with Gasteiger partial charge in [-0.1, -0.05) is 0 Å². The fraction of sp³-hybridized carbons (Fsp3) is 0.591. The Morgan fingerprint density at radius 3 is 2.53 bits per heavy atom. The molecule has 0 bridgehead atoms. The van der Waals surface area contributed by atoms with Crippen LogP contribution < -0.4 is 15.0 Å². The standard InChI is InChI=1S/C22H31N3O5/c1-22(2,3)21(27)30-14-25-13-23-17-11-19(18(28-5)10-16(17)20(25)26)29-12-15-6-8-24(4)9-7-15/h10-11,13,15H,6-9,12,14H2,1-5H3. The zero-order valence-electron chi connectivity index (χ0n) is 18.4. The smallest absolute Gasteiger partial charge is 0.312 e. The Bertz CT molecular complexity index is 956. The van der Waals surface area contributed by atoms with Crippen LogP contribution in [0.4, 0.5) is 0 Å². The van der Waals surface area contributed by atoms with Crippen LogP contribution in [0.3, 0.4) is 0 Å². The van der Waals surface area contributed by atoms with Gasteiger partial charge in [0, 0.05) is 6.07 Å². The van der Waals surface area contributed by atoms with Gasteiger partial charge in [0.1, 0.15) is 6.33 Å². The van der Waals surface area contributed by atoms with Gasteiger partial charge in [-0.25, -0.2) is 4.98 Å². The average Bonchev–Trinajstić information content (AvgIpc) is 2.71. The molecule has 8 heteroatoms. The van der Waals surface area contributed by atoms with Gasteiger partial charge >= 0.3 is 5.97 Å². The van der Waals surface area contributed by atoms with E-state index < -0.39 is 5.41 Å². The van der Waals surface area contributed by atoms with Gasteiger partial charge in [0.15, 0.2) is 18.2 Å².